The number of hydrogen-bond acceptors (Lipinski definition) is 2. The summed E-state index contributed by atoms with van der Waals surface area (Å²) in [5, 5.41) is 2.81. The van der Waals surface area contributed by atoms with Crippen LogP contribution >= 0.6 is 0 Å². The van der Waals surface area contributed by atoms with Crippen LogP contribution in [-0.4, -0.2) is 7.05 Å². The van der Waals surface area contributed by atoms with Crippen molar-refractivity contribution in [3.8, 4) is 11.5 Å². The molecule has 0 atom stereocenters. The molecule has 0 aliphatic rings. The molecule has 112 valence electrons. The maximum absolute atomic E-state index is 13.2. The number of nitrogens with one attached hydrogen (secondary N) is 1. The van der Waals surface area contributed by atoms with E-state index in [0.29, 0.717) is 5.56 Å². The van der Waals surface area contributed by atoms with E-state index in [1.165, 1.54) is 30.3 Å². The number of alkyl halides is 3. The Kier molecular flexibility index (Phi) is 4.47. The SMILES string of the molecule is CNCc1cc(F)ccc1Oc1ccccc1C(F)(F)F. The third-order valence-electron chi connectivity index (χ3n) is 2.80. The zero-order chi connectivity index (χ0) is 15.5. The van der Waals surface area contributed by atoms with Gasteiger partial charge in [0.2, 0.25) is 0 Å². The first kappa shape index (κ1) is 15.3. The van der Waals surface area contributed by atoms with Gasteiger partial charge in [-0.15, -0.1) is 0 Å². The molecule has 6 heteroatoms. The molecule has 0 saturated heterocycles. The minimum Gasteiger partial charge on any atom is -0.456 e. The maximum atomic E-state index is 13.2. The fraction of sp³-hybridized carbons (Fsp3) is 0.200. The molecular formula is C15H13F4NO. The number of para-hydroxylation sites is 1. The predicted molar refractivity (Wildman–Crippen MR) is 70.7 cm³/mol. The Labute approximate surface area is 119 Å². The maximum Gasteiger partial charge on any atom is 0.419 e. The van der Waals surface area contributed by atoms with Crippen molar-refractivity contribution < 1.29 is 22.3 Å². The standard InChI is InChI=1S/C15H13F4NO/c1-20-9-10-8-11(16)6-7-13(10)21-14-5-3-2-4-12(14)15(17,18)19/h2-8,20H,9H2,1H3. The van der Waals surface area contributed by atoms with Crippen molar-refractivity contribution >= 4 is 0 Å². The lowest BCUT2D eigenvalue weighted by Gasteiger charge is -2.15. The third-order valence-corrected chi connectivity index (χ3v) is 2.80. The highest BCUT2D eigenvalue weighted by atomic mass is 19.4. The molecule has 0 unspecified atom stereocenters. The highest BCUT2D eigenvalue weighted by Crippen LogP contribution is 2.38. The molecule has 0 aliphatic carbocycles. The Hall–Kier alpha value is -2.08. The van der Waals surface area contributed by atoms with Crippen LogP contribution in [0.1, 0.15) is 11.1 Å². The van der Waals surface area contributed by atoms with E-state index in [4.69, 9.17) is 4.74 Å². The van der Waals surface area contributed by atoms with Crippen LogP contribution < -0.4 is 10.1 Å². The van der Waals surface area contributed by atoms with Gasteiger partial charge in [-0.1, -0.05) is 12.1 Å². The minimum atomic E-state index is -4.51. The van der Waals surface area contributed by atoms with Crippen LogP contribution in [0.25, 0.3) is 0 Å². The lowest BCUT2D eigenvalue weighted by molar-refractivity contribution is -0.138. The van der Waals surface area contributed by atoms with E-state index in [1.807, 2.05) is 0 Å². The summed E-state index contributed by atoms with van der Waals surface area (Å²) in [7, 11) is 1.65. The average Bonchev–Trinajstić information content (AvgIpc) is 2.41. The van der Waals surface area contributed by atoms with Gasteiger partial charge in [-0.2, -0.15) is 13.2 Å². The van der Waals surface area contributed by atoms with E-state index in [2.05, 4.69) is 5.32 Å². The Balaban J connectivity index is 2.39. The minimum absolute atomic E-state index is 0.183. The zero-order valence-electron chi connectivity index (χ0n) is 11.2. The van der Waals surface area contributed by atoms with Crippen molar-refractivity contribution in [3.63, 3.8) is 0 Å². The topological polar surface area (TPSA) is 21.3 Å². The molecule has 0 heterocycles. The molecule has 1 N–H and O–H groups in total. The van der Waals surface area contributed by atoms with E-state index >= 15 is 0 Å². The molecule has 2 aromatic carbocycles. The summed E-state index contributed by atoms with van der Waals surface area (Å²) < 4.78 is 57.3. The second-order valence-electron chi connectivity index (χ2n) is 4.38. The van der Waals surface area contributed by atoms with Gasteiger partial charge in [0.05, 0.1) is 5.56 Å². The van der Waals surface area contributed by atoms with Crippen molar-refractivity contribution in [2.45, 2.75) is 12.7 Å². The Morgan fingerprint density at radius 3 is 2.43 bits per heavy atom. The Bertz CT molecular complexity index is 625. The van der Waals surface area contributed by atoms with Crippen molar-refractivity contribution in [1.29, 1.82) is 0 Å². The van der Waals surface area contributed by atoms with Crippen LogP contribution in [0.15, 0.2) is 42.5 Å². The number of ether oxygens (including phenoxy) is 1. The molecular weight excluding hydrogens is 286 g/mol. The van der Waals surface area contributed by atoms with E-state index < -0.39 is 17.6 Å². The Morgan fingerprint density at radius 1 is 1.05 bits per heavy atom. The summed E-state index contributed by atoms with van der Waals surface area (Å²) >= 11 is 0. The predicted octanol–water partition coefficient (Wildman–Crippen LogP) is 4.36. The summed E-state index contributed by atoms with van der Waals surface area (Å²) in [6.45, 7) is 0.279. The summed E-state index contributed by atoms with van der Waals surface area (Å²) in [6.07, 6.45) is -4.51. The lowest BCUT2D eigenvalue weighted by Crippen LogP contribution is -2.09. The first-order chi connectivity index (χ1) is 9.91. The van der Waals surface area contributed by atoms with Crippen LogP contribution in [-0.2, 0) is 12.7 Å². The number of hydrogen-bond donors (Lipinski definition) is 1. The summed E-state index contributed by atoms with van der Waals surface area (Å²) in [4.78, 5) is 0. The van der Waals surface area contributed by atoms with Gasteiger partial charge in [0.1, 0.15) is 17.3 Å². The van der Waals surface area contributed by atoms with Gasteiger partial charge < -0.3 is 10.1 Å². The molecule has 0 saturated carbocycles. The summed E-state index contributed by atoms with van der Waals surface area (Å²) in [5.41, 5.74) is -0.431. The van der Waals surface area contributed by atoms with E-state index in [9.17, 15) is 17.6 Å². The molecule has 2 rings (SSSR count). The van der Waals surface area contributed by atoms with Gasteiger partial charge in [0.15, 0.2) is 0 Å². The average molecular weight is 299 g/mol. The zero-order valence-corrected chi connectivity index (χ0v) is 11.2. The fourth-order valence-electron chi connectivity index (χ4n) is 1.88. The molecule has 0 aliphatic heterocycles. The monoisotopic (exact) mass is 299 g/mol. The van der Waals surface area contributed by atoms with Gasteiger partial charge in [0.25, 0.3) is 0 Å². The van der Waals surface area contributed by atoms with Crippen LogP contribution in [0.5, 0.6) is 11.5 Å². The molecule has 2 aromatic rings. The van der Waals surface area contributed by atoms with Crippen LogP contribution in [0.2, 0.25) is 0 Å². The number of benzene rings is 2. The van der Waals surface area contributed by atoms with Crippen LogP contribution in [0, 0.1) is 5.82 Å². The first-order valence-corrected chi connectivity index (χ1v) is 6.19. The van der Waals surface area contributed by atoms with E-state index in [0.717, 1.165) is 12.1 Å². The summed E-state index contributed by atoms with van der Waals surface area (Å²) in [6, 6.07) is 8.59. The number of halogens is 4. The van der Waals surface area contributed by atoms with Gasteiger partial charge in [0, 0.05) is 12.1 Å². The molecule has 0 radical (unpaired) electrons. The Morgan fingerprint density at radius 2 is 1.76 bits per heavy atom. The quantitative estimate of drug-likeness (QED) is 0.847. The van der Waals surface area contributed by atoms with Gasteiger partial charge in [-0.3, -0.25) is 0 Å². The molecule has 0 amide bonds. The normalized spacial score (nSPS) is 11.5. The van der Waals surface area contributed by atoms with Gasteiger partial charge in [-0.25, -0.2) is 4.39 Å². The van der Waals surface area contributed by atoms with Crippen LogP contribution in [0.3, 0.4) is 0 Å². The van der Waals surface area contributed by atoms with E-state index in [-0.39, 0.29) is 18.0 Å². The molecule has 0 aromatic heterocycles. The first-order valence-electron chi connectivity index (χ1n) is 6.19. The van der Waals surface area contributed by atoms with Crippen molar-refractivity contribution in [2.24, 2.45) is 0 Å². The molecule has 2 nitrogen and oxygen atoms in total. The van der Waals surface area contributed by atoms with Gasteiger partial charge >= 0.3 is 6.18 Å². The van der Waals surface area contributed by atoms with Crippen LogP contribution in [0.4, 0.5) is 17.6 Å². The lowest BCUT2D eigenvalue weighted by atomic mass is 10.1. The van der Waals surface area contributed by atoms with E-state index in [1.54, 1.807) is 7.05 Å². The largest absolute Gasteiger partial charge is 0.456 e. The molecule has 21 heavy (non-hydrogen) atoms. The highest BCUT2D eigenvalue weighted by Gasteiger charge is 2.34. The van der Waals surface area contributed by atoms with Crippen molar-refractivity contribution in [3.05, 3.63) is 59.4 Å². The second-order valence-corrected chi connectivity index (χ2v) is 4.38. The van der Waals surface area contributed by atoms with Crippen molar-refractivity contribution in [2.75, 3.05) is 7.05 Å². The van der Waals surface area contributed by atoms with Crippen molar-refractivity contribution in [1.82, 2.24) is 5.32 Å². The smallest absolute Gasteiger partial charge is 0.419 e. The second kappa shape index (κ2) is 6.13. The molecule has 0 bridgehead atoms. The molecule has 0 spiro atoms. The summed E-state index contributed by atoms with van der Waals surface area (Å²) in [5.74, 6) is -0.604. The van der Waals surface area contributed by atoms with Gasteiger partial charge in [-0.05, 0) is 37.4 Å². The highest BCUT2D eigenvalue weighted by molar-refractivity contribution is 5.42. The third kappa shape index (κ3) is 3.72. The molecule has 0 fully saturated rings. The fourth-order valence-corrected chi connectivity index (χ4v) is 1.88. The number of rotatable bonds is 4.